The van der Waals surface area contributed by atoms with Crippen LogP contribution < -0.4 is 15.4 Å². The highest BCUT2D eigenvalue weighted by atomic mass is 16.5. The molecule has 0 spiro atoms. The van der Waals surface area contributed by atoms with Crippen LogP contribution in [0.4, 0.5) is 5.69 Å². The van der Waals surface area contributed by atoms with Gasteiger partial charge in [-0.1, -0.05) is 0 Å². The number of aryl methyl sites for hydroxylation is 1. The molecule has 0 unspecified atom stereocenters. The van der Waals surface area contributed by atoms with Crippen LogP contribution in [0.5, 0.6) is 5.75 Å². The van der Waals surface area contributed by atoms with Gasteiger partial charge in [-0.2, -0.15) is 5.10 Å². The average molecular weight is 272 g/mol. The van der Waals surface area contributed by atoms with Gasteiger partial charge in [0.15, 0.2) is 6.61 Å². The Morgan fingerprint density at radius 1 is 1.45 bits per heavy atom. The molecule has 0 aliphatic carbocycles. The summed E-state index contributed by atoms with van der Waals surface area (Å²) >= 11 is 0. The monoisotopic (exact) mass is 272 g/mol. The molecule has 3 rings (SSSR count). The van der Waals surface area contributed by atoms with Crippen LogP contribution in [0.2, 0.25) is 0 Å². The summed E-state index contributed by atoms with van der Waals surface area (Å²) < 4.78 is 7.25. The van der Waals surface area contributed by atoms with E-state index in [1.807, 2.05) is 31.3 Å². The summed E-state index contributed by atoms with van der Waals surface area (Å²) in [5.41, 5.74) is 9.24. The predicted octanol–water partition coefficient (Wildman–Crippen LogP) is 0.995. The van der Waals surface area contributed by atoms with Crippen molar-refractivity contribution in [1.29, 1.82) is 0 Å². The molecule has 1 aromatic carbocycles. The summed E-state index contributed by atoms with van der Waals surface area (Å²) in [5.74, 6) is 0.637. The smallest absolute Gasteiger partial charge is 0.264 e. The molecule has 1 amide bonds. The lowest BCUT2D eigenvalue weighted by Gasteiger charge is -2.26. The number of anilines is 1. The Labute approximate surface area is 116 Å². The largest absolute Gasteiger partial charge is 0.481 e. The Morgan fingerprint density at radius 2 is 2.25 bits per heavy atom. The number of ether oxygens (including phenoxy) is 1. The second-order valence-electron chi connectivity index (χ2n) is 4.78. The number of nitrogens with two attached hydrogens (primary N) is 1. The first kappa shape index (κ1) is 12.7. The van der Waals surface area contributed by atoms with Crippen LogP contribution in [0.3, 0.4) is 0 Å². The van der Waals surface area contributed by atoms with Crippen molar-refractivity contribution in [2.45, 2.75) is 13.5 Å². The number of rotatable bonds is 2. The van der Waals surface area contributed by atoms with Gasteiger partial charge in [0.2, 0.25) is 0 Å². The van der Waals surface area contributed by atoms with Gasteiger partial charge in [0, 0.05) is 31.4 Å². The van der Waals surface area contributed by atoms with E-state index in [2.05, 4.69) is 5.10 Å². The maximum atomic E-state index is 11.6. The van der Waals surface area contributed by atoms with Gasteiger partial charge in [0.25, 0.3) is 5.91 Å². The summed E-state index contributed by atoms with van der Waals surface area (Å²) in [6.07, 6.45) is 1.91. The van der Waals surface area contributed by atoms with Gasteiger partial charge < -0.3 is 15.4 Å². The van der Waals surface area contributed by atoms with Crippen LogP contribution >= 0.6 is 0 Å². The second-order valence-corrected chi connectivity index (χ2v) is 4.78. The van der Waals surface area contributed by atoms with Crippen molar-refractivity contribution < 1.29 is 9.53 Å². The molecule has 0 radical (unpaired) electrons. The van der Waals surface area contributed by atoms with Crippen molar-refractivity contribution in [3.63, 3.8) is 0 Å². The van der Waals surface area contributed by atoms with E-state index in [0.29, 0.717) is 12.3 Å². The number of fused-ring (bicyclic) bond motifs is 1. The van der Waals surface area contributed by atoms with Crippen molar-refractivity contribution in [3.05, 3.63) is 35.7 Å². The molecule has 6 heteroatoms. The minimum atomic E-state index is -0.0504. The number of amides is 1. The number of hydrogen-bond acceptors (Lipinski definition) is 4. The van der Waals surface area contributed by atoms with E-state index >= 15 is 0 Å². The quantitative estimate of drug-likeness (QED) is 0.885. The van der Waals surface area contributed by atoms with E-state index in [-0.39, 0.29) is 12.5 Å². The molecule has 1 aliphatic rings. The van der Waals surface area contributed by atoms with Crippen molar-refractivity contribution in [3.8, 4) is 11.4 Å². The predicted molar refractivity (Wildman–Crippen MR) is 75.1 cm³/mol. The highest BCUT2D eigenvalue weighted by Crippen LogP contribution is 2.33. The number of carbonyl (C=O) groups excluding carboxylic acids is 1. The summed E-state index contributed by atoms with van der Waals surface area (Å²) in [6, 6.07) is 5.65. The topological polar surface area (TPSA) is 73.4 Å². The van der Waals surface area contributed by atoms with Crippen LogP contribution in [0.25, 0.3) is 5.69 Å². The van der Waals surface area contributed by atoms with Gasteiger partial charge in [-0.25, -0.2) is 4.68 Å². The molecule has 1 aliphatic heterocycles. The van der Waals surface area contributed by atoms with E-state index < -0.39 is 0 Å². The summed E-state index contributed by atoms with van der Waals surface area (Å²) in [6.45, 7) is 2.46. The maximum Gasteiger partial charge on any atom is 0.264 e. The fourth-order valence-corrected chi connectivity index (χ4v) is 2.24. The number of likely N-dealkylation sites (N-methyl/N-ethyl adjacent to an activating group) is 1. The van der Waals surface area contributed by atoms with Crippen LogP contribution in [-0.2, 0) is 11.3 Å². The Morgan fingerprint density at radius 3 is 2.95 bits per heavy atom. The Kier molecular flexibility index (Phi) is 2.94. The maximum absolute atomic E-state index is 11.6. The van der Waals surface area contributed by atoms with Gasteiger partial charge in [0.1, 0.15) is 5.75 Å². The second kappa shape index (κ2) is 4.64. The molecule has 0 fully saturated rings. The summed E-state index contributed by atoms with van der Waals surface area (Å²) in [5, 5.41) is 4.44. The van der Waals surface area contributed by atoms with Gasteiger partial charge >= 0.3 is 0 Å². The number of aromatic nitrogens is 2. The molecule has 0 atom stereocenters. The van der Waals surface area contributed by atoms with Gasteiger partial charge in [0.05, 0.1) is 17.1 Å². The first-order chi connectivity index (χ1) is 9.60. The Hall–Kier alpha value is -2.34. The molecule has 0 saturated carbocycles. The minimum absolute atomic E-state index is 0.0504. The third-order valence-electron chi connectivity index (χ3n) is 3.52. The summed E-state index contributed by atoms with van der Waals surface area (Å²) in [7, 11) is 1.74. The molecule has 104 valence electrons. The van der Waals surface area contributed by atoms with Crippen LogP contribution in [0, 0.1) is 6.92 Å². The molecule has 0 bridgehead atoms. The van der Waals surface area contributed by atoms with E-state index in [9.17, 15) is 4.79 Å². The first-order valence-electron chi connectivity index (χ1n) is 6.39. The molecule has 0 saturated heterocycles. The number of carbonyl (C=O) groups is 1. The molecule has 2 aromatic rings. The van der Waals surface area contributed by atoms with E-state index in [4.69, 9.17) is 10.5 Å². The van der Waals surface area contributed by atoms with Crippen molar-refractivity contribution in [1.82, 2.24) is 9.78 Å². The molecular weight excluding hydrogens is 256 g/mol. The minimum Gasteiger partial charge on any atom is -0.481 e. The fraction of sp³-hybridized carbons (Fsp3) is 0.286. The highest BCUT2D eigenvalue weighted by molar-refractivity contribution is 5.97. The zero-order valence-corrected chi connectivity index (χ0v) is 11.5. The van der Waals surface area contributed by atoms with E-state index in [1.54, 1.807) is 16.6 Å². The standard InChI is InChI=1S/C14H16N4O2/c1-9-10(6-15)7-18(16-9)11-3-4-12-13(5-11)20-8-14(19)17(12)2/h3-5,7H,6,8,15H2,1-2H3. The zero-order valence-electron chi connectivity index (χ0n) is 11.5. The van der Waals surface area contributed by atoms with E-state index in [1.165, 1.54) is 0 Å². The molecule has 2 heterocycles. The lowest BCUT2D eigenvalue weighted by molar-refractivity contribution is -0.120. The van der Waals surface area contributed by atoms with Gasteiger partial charge in [-0.15, -0.1) is 0 Å². The SMILES string of the molecule is Cc1nn(-c2ccc3c(c2)OCC(=O)N3C)cc1CN. The van der Waals surface area contributed by atoms with Crippen LogP contribution in [-0.4, -0.2) is 29.3 Å². The van der Waals surface area contributed by atoms with E-state index in [0.717, 1.165) is 22.6 Å². The normalized spacial score (nSPS) is 14.2. The highest BCUT2D eigenvalue weighted by Gasteiger charge is 2.22. The van der Waals surface area contributed by atoms with Crippen LogP contribution in [0.15, 0.2) is 24.4 Å². The number of hydrogen-bond donors (Lipinski definition) is 1. The number of nitrogens with zero attached hydrogens (tertiary/aromatic N) is 3. The Balaban J connectivity index is 2.02. The lowest BCUT2D eigenvalue weighted by Crippen LogP contribution is -2.35. The van der Waals surface area contributed by atoms with Gasteiger partial charge in [-0.3, -0.25) is 4.79 Å². The lowest BCUT2D eigenvalue weighted by atomic mass is 10.2. The third kappa shape index (κ3) is 1.94. The molecule has 6 nitrogen and oxygen atoms in total. The van der Waals surface area contributed by atoms with Crippen molar-refractivity contribution in [2.24, 2.45) is 5.73 Å². The summed E-state index contributed by atoms with van der Waals surface area (Å²) in [4.78, 5) is 13.2. The molecule has 1 aromatic heterocycles. The molecular formula is C14H16N4O2. The average Bonchev–Trinajstić information content (AvgIpc) is 2.84. The third-order valence-corrected chi connectivity index (χ3v) is 3.52. The van der Waals surface area contributed by atoms with Gasteiger partial charge in [-0.05, 0) is 19.1 Å². The fourth-order valence-electron chi connectivity index (χ4n) is 2.24. The van der Waals surface area contributed by atoms with Crippen molar-refractivity contribution >= 4 is 11.6 Å². The van der Waals surface area contributed by atoms with Crippen LogP contribution in [0.1, 0.15) is 11.3 Å². The Bertz CT molecular complexity index is 678. The van der Waals surface area contributed by atoms with Crippen molar-refractivity contribution in [2.75, 3.05) is 18.6 Å². The number of benzene rings is 1. The first-order valence-corrected chi connectivity index (χ1v) is 6.39. The molecule has 20 heavy (non-hydrogen) atoms. The zero-order chi connectivity index (χ0) is 14.3. The molecule has 2 N–H and O–H groups in total.